The quantitative estimate of drug-likeness (QED) is 0.622. The Labute approximate surface area is 141 Å². The number of rotatable bonds is 4. The molecule has 2 heterocycles. The molecular weight excluding hydrogens is 322 g/mol. The summed E-state index contributed by atoms with van der Waals surface area (Å²) in [5.74, 6) is -0.0345. The van der Waals surface area contributed by atoms with Crippen molar-refractivity contribution in [1.82, 2.24) is 19.8 Å². The summed E-state index contributed by atoms with van der Waals surface area (Å²) in [5, 5.41) is 15.9. The zero-order valence-electron chi connectivity index (χ0n) is 12.6. The molecule has 0 bridgehead atoms. The zero-order valence-corrected chi connectivity index (χ0v) is 13.4. The van der Waals surface area contributed by atoms with Gasteiger partial charge in [0.25, 0.3) is 0 Å². The average molecular weight is 335 g/mol. The SMILES string of the molecule is O=C(Cc1ccccc1)Nc1ccc(-c2nn3cnnc3s2)cc1. The van der Waals surface area contributed by atoms with Crippen molar-refractivity contribution >= 4 is 27.9 Å². The van der Waals surface area contributed by atoms with Gasteiger partial charge in [-0.2, -0.15) is 9.61 Å². The first kappa shape index (κ1) is 14.5. The highest BCUT2D eigenvalue weighted by Crippen LogP contribution is 2.25. The lowest BCUT2D eigenvalue weighted by molar-refractivity contribution is -0.115. The van der Waals surface area contributed by atoms with E-state index in [4.69, 9.17) is 0 Å². The van der Waals surface area contributed by atoms with Gasteiger partial charge in [-0.1, -0.05) is 41.7 Å². The van der Waals surface area contributed by atoms with Crippen molar-refractivity contribution in [1.29, 1.82) is 0 Å². The predicted octanol–water partition coefficient (Wildman–Crippen LogP) is 3.03. The van der Waals surface area contributed by atoms with E-state index >= 15 is 0 Å². The maximum absolute atomic E-state index is 12.1. The molecule has 1 amide bonds. The Morgan fingerprint density at radius 2 is 1.88 bits per heavy atom. The van der Waals surface area contributed by atoms with E-state index in [2.05, 4.69) is 20.6 Å². The molecule has 2 aromatic heterocycles. The second-order valence-electron chi connectivity index (χ2n) is 5.25. The number of benzene rings is 2. The highest BCUT2D eigenvalue weighted by molar-refractivity contribution is 7.19. The summed E-state index contributed by atoms with van der Waals surface area (Å²) in [6, 6.07) is 17.3. The van der Waals surface area contributed by atoms with Gasteiger partial charge in [-0.15, -0.1) is 10.2 Å². The molecule has 118 valence electrons. The fourth-order valence-corrected chi connectivity index (χ4v) is 3.18. The number of aromatic nitrogens is 4. The van der Waals surface area contributed by atoms with Crippen LogP contribution >= 0.6 is 11.3 Å². The molecule has 0 aliphatic carbocycles. The summed E-state index contributed by atoms with van der Waals surface area (Å²) in [6.45, 7) is 0. The van der Waals surface area contributed by atoms with Gasteiger partial charge in [0.15, 0.2) is 0 Å². The number of amides is 1. The monoisotopic (exact) mass is 335 g/mol. The second kappa shape index (κ2) is 6.21. The lowest BCUT2D eigenvalue weighted by Gasteiger charge is -2.06. The van der Waals surface area contributed by atoms with Crippen molar-refractivity contribution in [3.8, 4) is 10.6 Å². The molecule has 7 heteroatoms. The molecule has 4 aromatic rings. The first-order chi connectivity index (χ1) is 11.8. The lowest BCUT2D eigenvalue weighted by Crippen LogP contribution is -2.14. The van der Waals surface area contributed by atoms with Crippen molar-refractivity contribution in [2.24, 2.45) is 0 Å². The van der Waals surface area contributed by atoms with E-state index in [0.29, 0.717) is 6.42 Å². The van der Waals surface area contributed by atoms with E-state index in [1.165, 1.54) is 11.3 Å². The van der Waals surface area contributed by atoms with E-state index < -0.39 is 0 Å². The first-order valence-corrected chi connectivity index (χ1v) is 8.21. The van der Waals surface area contributed by atoms with Crippen LogP contribution in [0.5, 0.6) is 0 Å². The van der Waals surface area contributed by atoms with Gasteiger partial charge in [-0.05, 0) is 29.8 Å². The largest absolute Gasteiger partial charge is 0.326 e. The second-order valence-corrected chi connectivity index (χ2v) is 6.21. The van der Waals surface area contributed by atoms with Crippen LogP contribution in [0.2, 0.25) is 0 Å². The van der Waals surface area contributed by atoms with Gasteiger partial charge in [-0.25, -0.2) is 0 Å². The van der Waals surface area contributed by atoms with Gasteiger partial charge in [-0.3, -0.25) is 4.79 Å². The normalized spacial score (nSPS) is 10.8. The number of carbonyl (C=O) groups is 1. The molecule has 1 N–H and O–H groups in total. The molecule has 0 atom stereocenters. The van der Waals surface area contributed by atoms with Crippen LogP contribution in [0.1, 0.15) is 5.56 Å². The molecule has 6 nitrogen and oxygen atoms in total. The van der Waals surface area contributed by atoms with E-state index in [1.807, 2.05) is 54.6 Å². The number of nitrogens with one attached hydrogen (secondary N) is 1. The van der Waals surface area contributed by atoms with Gasteiger partial charge in [0.2, 0.25) is 10.9 Å². The fourth-order valence-electron chi connectivity index (χ4n) is 2.36. The maximum atomic E-state index is 12.1. The summed E-state index contributed by atoms with van der Waals surface area (Å²) in [4.78, 5) is 12.8. The van der Waals surface area contributed by atoms with Gasteiger partial charge >= 0.3 is 0 Å². The van der Waals surface area contributed by atoms with Crippen LogP contribution in [-0.4, -0.2) is 25.7 Å². The number of hydrogen-bond acceptors (Lipinski definition) is 5. The molecule has 0 saturated heterocycles. The Kier molecular flexibility index (Phi) is 3.76. The lowest BCUT2D eigenvalue weighted by atomic mass is 10.1. The molecule has 0 aliphatic heterocycles. The standard InChI is InChI=1S/C17H13N5OS/c23-15(10-12-4-2-1-3-5-12)19-14-8-6-13(7-9-14)16-21-22-11-18-20-17(22)24-16/h1-9,11H,10H2,(H,19,23). The smallest absolute Gasteiger partial charge is 0.234 e. The fraction of sp³-hybridized carbons (Fsp3) is 0.0588. The molecule has 2 aromatic carbocycles. The summed E-state index contributed by atoms with van der Waals surface area (Å²) in [5.41, 5.74) is 2.74. The zero-order chi connectivity index (χ0) is 16.4. The number of fused-ring (bicyclic) bond motifs is 1. The minimum Gasteiger partial charge on any atom is -0.326 e. The van der Waals surface area contributed by atoms with Crippen molar-refractivity contribution in [3.63, 3.8) is 0 Å². The summed E-state index contributed by atoms with van der Waals surface area (Å²) in [7, 11) is 0. The van der Waals surface area contributed by atoms with E-state index in [9.17, 15) is 4.79 Å². The third-order valence-corrected chi connectivity index (χ3v) is 4.47. The van der Waals surface area contributed by atoms with Gasteiger partial charge in [0.05, 0.1) is 6.42 Å². The molecule has 0 saturated carbocycles. The highest BCUT2D eigenvalue weighted by atomic mass is 32.1. The molecule has 0 radical (unpaired) electrons. The van der Waals surface area contributed by atoms with Crippen molar-refractivity contribution in [2.75, 3.05) is 5.32 Å². The van der Waals surface area contributed by atoms with Crippen LogP contribution in [0.4, 0.5) is 5.69 Å². The summed E-state index contributed by atoms with van der Waals surface area (Å²) in [6.07, 6.45) is 1.94. The number of hydrogen-bond donors (Lipinski definition) is 1. The van der Waals surface area contributed by atoms with Crippen molar-refractivity contribution < 1.29 is 4.79 Å². The average Bonchev–Trinajstić information content (AvgIpc) is 3.18. The summed E-state index contributed by atoms with van der Waals surface area (Å²) >= 11 is 1.47. The number of carbonyl (C=O) groups excluding carboxylic acids is 1. The van der Waals surface area contributed by atoms with E-state index in [1.54, 1.807) is 10.8 Å². The van der Waals surface area contributed by atoms with Gasteiger partial charge in [0.1, 0.15) is 11.3 Å². The molecule has 24 heavy (non-hydrogen) atoms. The highest BCUT2D eigenvalue weighted by Gasteiger charge is 2.08. The van der Waals surface area contributed by atoms with Gasteiger partial charge in [0, 0.05) is 11.3 Å². The molecule has 4 rings (SSSR count). The van der Waals surface area contributed by atoms with Crippen LogP contribution in [0.3, 0.4) is 0 Å². The topological polar surface area (TPSA) is 72.2 Å². The Hall–Kier alpha value is -3.06. The molecule has 0 fully saturated rings. The van der Waals surface area contributed by atoms with Crippen LogP contribution in [0.25, 0.3) is 15.5 Å². The molecule has 0 aliphatic rings. The molecule has 0 spiro atoms. The van der Waals surface area contributed by atoms with Crippen LogP contribution in [-0.2, 0) is 11.2 Å². The van der Waals surface area contributed by atoms with Crippen LogP contribution in [0.15, 0.2) is 60.9 Å². The first-order valence-electron chi connectivity index (χ1n) is 7.39. The number of anilines is 1. The minimum absolute atomic E-state index is 0.0345. The third kappa shape index (κ3) is 3.02. The molecular formula is C17H13N5OS. The predicted molar refractivity (Wildman–Crippen MR) is 92.9 cm³/mol. The van der Waals surface area contributed by atoms with Crippen molar-refractivity contribution in [3.05, 3.63) is 66.5 Å². The van der Waals surface area contributed by atoms with E-state index in [-0.39, 0.29) is 5.91 Å². The maximum Gasteiger partial charge on any atom is 0.234 e. The summed E-state index contributed by atoms with van der Waals surface area (Å²) < 4.78 is 1.65. The van der Waals surface area contributed by atoms with Crippen molar-refractivity contribution in [2.45, 2.75) is 6.42 Å². The Morgan fingerprint density at radius 1 is 1.08 bits per heavy atom. The number of nitrogens with zero attached hydrogens (tertiary/aromatic N) is 4. The molecule has 0 unspecified atom stereocenters. The van der Waals surface area contributed by atoms with Gasteiger partial charge < -0.3 is 5.32 Å². The Balaban J connectivity index is 1.45. The van der Waals surface area contributed by atoms with Crippen LogP contribution in [0, 0.1) is 0 Å². The minimum atomic E-state index is -0.0345. The third-order valence-electron chi connectivity index (χ3n) is 3.51. The van der Waals surface area contributed by atoms with E-state index in [0.717, 1.165) is 26.8 Å². The van der Waals surface area contributed by atoms with Crippen LogP contribution < -0.4 is 5.32 Å². The Bertz CT molecular complexity index is 947. The Morgan fingerprint density at radius 3 is 2.62 bits per heavy atom.